The highest BCUT2D eigenvalue weighted by molar-refractivity contribution is 5.90. The number of fused-ring (bicyclic) bond motifs is 3. The monoisotopic (exact) mass is 400 g/mol. The molecule has 30 heavy (non-hydrogen) atoms. The molecule has 0 bridgehead atoms. The van der Waals surface area contributed by atoms with Gasteiger partial charge in [-0.3, -0.25) is 4.90 Å². The molecule has 6 nitrogen and oxygen atoms in total. The number of hydrogen-bond donors (Lipinski definition) is 1. The summed E-state index contributed by atoms with van der Waals surface area (Å²) in [7, 11) is 0. The van der Waals surface area contributed by atoms with Crippen LogP contribution in [0.25, 0.3) is 11.1 Å². The van der Waals surface area contributed by atoms with Gasteiger partial charge in [-0.2, -0.15) is 0 Å². The summed E-state index contributed by atoms with van der Waals surface area (Å²) >= 11 is 0. The smallest absolute Gasteiger partial charge is 0.415 e. The third kappa shape index (κ3) is 3.20. The Bertz CT molecular complexity index is 1080. The van der Waals surface area contributed by atoms with Crippen molar-refractivity contribution in [2.24, 2.45) is 0 Å². The topological polar surface area (TPSA) is 79.7 Å². The molecule has 1 fully saturated rings. The molecule has 0 radical (unpaired) electrons. The molecule has 2 aliphatic carbocycles. The highest BCUT2D eigenvalue weighted by Crippen LogP contribution is 2.44. The summed E-state index contributed by atoms with van der Waals surface area (Å²) in [6.45, 7) is 0.239. The first-order valence-electron chi connectivity index (χ1n) is 9.97. The van der Waals surface area contributed by atoms with Crippen molar-refractivity contribution in [3.8, 4) is 11.1 Å². The number of anilines is 1. The molecule has 0 saturated heterocycles. The van der Waals surface area contributed by atoms with E-state index in [0.29, 0.717) is 5.82 Å². The first-order valence-corrected chi connectivity index (χ1v) is 9.97. The van der Waals surface area contributed by atoms with Crippen molar-refractivity contribution in [2.75, 3.05) is 11.5 Å². The van der Waals surface area contributed by atoms with E-state index < -0.39 is 12.1 Å². The lowest BCUT2D eigenvalue weighted by molar-refractivity contribution is 0.0696. The maximum Gasteiger partial charge on any atom is 0.415 e. The molecule has 1 heterocycles. The van der Waals surface area contributed by atoms with Gasteiger partial charge in [0.15, 0.2) is 0 Å². The van der Waals surface area contributed by atoms with Gasteiger partial charge >= 0.3 is 12.1 Å². The minimum Gasteiger partial charge on any atom is -0.478 e. The van der Waals surface area contributed by atoms with Gasteiger partial charge in [0.25, 0.3) is 0 Å². The van der Waals surface area contributed by atoms with Crippen molar-refractivity contribution in [1.82, 2.24) is 4.98 Å². The van der Waals surface area contributed by atoms with Crippen molar-refractivity contribution < 1.29 is 19.4 Å². The number of aromatic nitrogens is 1. The Kier molecular flexibility index (Phi) is 4.47. The summed E-state index contributed by atoms with van der Waals surface area (Å²) in [4.78, 5) is 29.8. The fraction of sp³-hybridized carbons (Fsp3) is 0.208. The Morgan fingerprint density at radius 3 is 2.13 bits per heavy atom. The van der Waals surface area contributed by atoms with Gasteiger partial charge in [0.2, 0.25) is 0 Å². The molecule has 150 valence electrons. The first-order chi connectivity index (χ1) is 14.6. The predicted octanol–water partition coefficient (Wildman–Crippen LogP) is 4.70. The van der Waals surface area contributed by atoms with E-state index in [9.17, 15) is 9.59 Å². The van der Waals surface area contributed by atoms with Gasteiger partial charge in [-0.1, -0.05) is 48.5 Å². The zero-order valence-corrected chi connectivity index (χ0v) is 16.2. The van der Waals surface area contributed by atoms with Gasteiger partial charge in [-0.15, -0.1) is 0 Å². The van der Waals surface area contributed by atoms with Crippen LogP contribution in [0.1, 0.15) is 40.2 Å². The lowest BCUT2D eigenvalue weighted by Crippen LogP contribution is -2.35. The van der Waals surface area contributed by atoms with Gasteiger partial charge in [0.1, 0.15) is 12.4 Å². The number of rotatable bonds is 5. The zero-order valence-electron chi connectivity index (χ0n) is 16.2. The largest absolute Gasteiger partial charge is 0.478 e. The molecule has 2 aliphatic rings. The van der Waals surface area contributed by atoms with E-state index in [1.54, 1.807) is 11.0 Å². The minimum atomic E-state index is -1.05. The third-order valence-electron chi connectivity index (χ3n) is 5.69. The number of benzene rings is 2. The van der Waals surface area contributed by atoms with Crippen LogP contribution in [0.4, 0.5) is 10.6 Å². The van der Waals surface area contributed by atoms with Crippen LogP contribution in [0.5, 0.6) is 0 Å². The van der Waals surface area contributed by atoms with E-state index in [1.807, 2.05) is 24.3 Å². The lowest BCUT2D eigenvalue weighted by atomic mass is 9.98. The maximum absolute atomic E-state index is 13.0. The second kappa shape index (κ2) is 7.30. The third-order valence-corrected chi connectivity index (χ3v) is 5.69. The zero-order chi connectivity index (χ0) is 20.7. The van der Waals surface area contributed by atoms with Gasteiger partial charge in [-0.05, 0) is 47.2 Å². The maximum atomic E-state index is 13.0. The highest BCUT2D eigenvalue weighted by Gasteiger charge is 2.37. The SMILES string of the molecule is O=C(O)c1ccc(N(C(=O)OCC2c3ccccc3-c3ccccc32)C2CC2)nc1. The van der Waals surface area contributed by atoms with E-state index in [1.165, 1.54) is 23.4 Å². The number of carbonyl (C=O) groups excluding carboxylic acids is 1. The Labute approximate surface area is 173 Å². The molecular formula is C24H20N2O4. The van der Waals surface area contributed by atoms with E-state index in [0.717, 1.165) is 24.0 Å². The molecular weight excluding hydrogens is 380 g/mol. The molecule has 0 atom stereocenters. The number of hydrogen-bond acceptors (Lipinski definition) is 4. The Morgan fingerprint density at radius 2 is 1.60 bits per heavy atom. The number of carbonyl (C=O) groups is 2. The van der Waals surface area contributed by atoms with Crippen LogP contribution in [0.15, 0.2) is 66.9 Å². The van der Waals surface area contributed by atoms with Crippen LogP contribution >= 0.6 is 0 Å². The molecule has 1 aromatic heterocycles. The summed E-state index contributed by atoms with van der Waals surface area (Å²) in [5.41, 5.74) is 4.77. The van der Waals surface area contributed by atoms with Crippen molar-refractivity contribution in [3.05, 3.63) is 83.6 Å². The number of nitrogens with zero attached hydrogens (tertiary/aromatic N) is 2. The van der Waals surface area contributed by atoms with Gasteiger partial charge < -0.3 is 9.84 Å². The summed E-state index contributed by atoms with van der Waals surface area (Å²) < 4.78 is 5.77. The molecule has 0 unspecified atom stereocenters. The van der Waals surface area contributed by atoms with Crippen LogP contribution in [-0.2, 0) is 4.74 Å². The van der Waals surface area contributed by atoms with E-state index in [2.05, 4.69) is 29.2 Å². The molecule has 5 rings (SSSR count). The number of amides is 1. The average molecular weight is 400 g/mol. The molecule has 3 aromatic rings. The highest BCUT2D eigenvalue weighted by atomic mass is 16.6. The van der Waals surface area contributed by atoms with Crippen LogP contribution < -0.4 is 4.90 Å². The van der Waals surface area contributed by atoms with Gasteiger partial charge in [0.05, 0.1) is 5.56 Å². The van der Waals surface area contributed by atoms with Crippen molar-refractivity contribution in [3.63, 3.8) is 0 Å². The summed E-state index contributed by atoms with van der Waals surface area (Å²) in [6, 6.07) is 19.5. The van der Waals surface area contributed by atoms with Crippen molar-refractivity contribution in [2.45, 2.75) is 24.8 Å². The van der Waals surface area contributed by atoms with E-state index >= 15 is 0 Å². The lowest BCUT2D eigenvalue weighted by Gasteiger charge is -2.22. The molecule has 6 heteroatoms. The van der Waals surface area contributed by atoms with Gasteiger partial charge in [-0.25, -0.2) is 14.6 Å². The standard InChI is InChI=1S/C24H20N2O4/c27-23(28)15-9-12-22(25-13-15)26(16-10-11-16)24(29)30-14-21-19-7-3-1-5-17(19)18-6-2-4-8-20(18)21/h1-9,12-13,16,21H,10-11,14H2,(H,27,28). The minimum absolute atomic E-state index is 0.00949. The van der Waals surface area contributed by atoms with Gasteiger partial charge in [0, 0.05) is 18.2 Å². The second-order valence-electron chi connectivity index (χ2n) is 7.62. The Balaban J connectivity index is 1.37. The number of aromatic carboxylic acids is 1. The summed E-state index contributed by atoms with van der Waals surface area (Å²) in [5, 5.41) is 9.07. The predicted molar refractivity (Wildman–Crippen MR) is 112 cm³/mol. The van der Waals surface area contributed by atoms with Crippen molar-refractivity contribution in [1.29, 1.82) is 0 Å². The molecule has 0 spiro atoms. The molecule has 1 amide bonds. The van der Waals surface area contributed by atoms with Crippen LogP contribution in [0, 0.1) is 0 Å². The van der Waals surface area contributed by atoms with Crippen LogP contribution in [0.3, 0.4) is 0 Å². The molecule has 0 aliphatic heterocycles. The fourth-order valence-electron chi connectivity index (χ4n) is 4.08. The normalized spacial score (nSPS) is 14.7. The first kappa shape index (κ1) is 18.4. The van der Waals surface area contributed by atoms with E-state index in [4.69, 9.17) is 9.84 Å². The number of carboxylic acid groups (broad SMARTS) is 1. The molecule has 2 aromatic carbocycles. The van der Waals surface area contributed by atoms with E-state index in [-0.39, 0.29) is 24.1 Å². The molecule has 1 saturated carbocycles. The fourth-order valence-corrected chi connectivity index (χ4v) is 4.08. The molecule has 1 N–H and O–H groups in total. The summed E-state index contributed by atoms with van der Waals surface area (Å²) in [5.74, 6) is -0.641. The number of carboxylic acids is 1. The average Bonchev–Trinajstić information content (AvgIpc) is 3.55. The van der Waals surface area contributed by atoms with Crippen molar-refractivity contribution >= 4 is 17.9 Å². The number of ether oxygens (including phenoxy) is 1. The Morgan fingerprint density at radius 1 is 0.967 bits per heavy atom. The van der Waals surface area contributed by atoms with Crippen LogP contribution in [-0.4, -0.2) is 34.8 Å². The van der Waals surface area contributed by atoms with Crippen LogP contribution in [0.2, 0.25) is 0 Å². The Hall–Kier alpha value is -3.67. The quantitative estimate of drug-likeness (QED) is 0.672. The summed E-state index contributed by atoms with van der Waals surface area (Å²) in [6.07, 6.45) is 2.58. The second-order valence-corrected chi connectivity index (χ2v) is 7.62. The number of pyridine rings is 1.